The average Bonchev–Trinajstić information content (AvgIpc) is 3.11. The van der Waals surface area contributed by atoms with Gasteiger partial charge in [0.2, 0.25) is 0 Å². The van der Waals surface area contributed by atoms with E-state index in [2.05, 4.69) is 42.7 Å². The maximum atomic E-state index is 5.70. The van der Waals surface area contributed by atoms with Crippen molar-refractivity contribution in [2.75, 3.05) is 19.7 Å². The predicted octanol–water partition coefficient (Wildman–Crippen LogP) is 4.59. The molecular formula is C21H26N2OS. The monoisotopic (exact) mass is 354 g/mol. The Bertz CT molecular complexity index is 746. The van der Waals surface area contributed by atoms with Gasteiger partial charge in [-0.15, -0.1) is 11.3 Å². The lowest BCUT2D eigenvalue weighted by molar-refractivity contribution is 0.314. The Balaban J connectivity index is 1.48. The molecule has 2 heterocycles. The molecule has 1 aromatic carbocycles. The van der Waals surface area contributed by atoms with Crippen LogP contribution in [-0.2, 0) is 6.54 Å². The molecule has 0 saturated carbocycles. The second-order valence-electron chi connectivity index (χ2n) is 6.15. The van der Waals surface area contributed by atoms with E-state index in [4.69, 9.17) is 4.74 Å². The minimum Gasteiger partial charge on any atom is -0.492 e. The van der Waals surface area contributed by atoms with E-state index >= 15 is 0 Å². The largest absolute Gasteiger partial charge is 0.492 e. The summed E-state index contributed by atoms with van der Waals surface area (Å²) in [6.45, 7) is 7.76. The van der Waals surface area contributed by atoms with Gasteiger partial charge >= 0.3 is 0 Å². The van der Waals surface area contributed by atoms with Crippen LogP contribution in [0.1, 0.15) is 30.0 Å². The molecule has 0 radical (unpaired) electrons. The van der Waals surface area contributed by atoms with Gasteiger partial charge in [0.1, 0.15) is 12.4 Å². The third-order valence-corrected chi connectivity index (χ3v) is 5.42. The number of ether oxygens (including phenoxy) is 1. The van der Waals surface area contributed by atoms with E-state index in [-0.39, 0.29) is 0 Å². The lowest BCUT2D eigenvalue weighted by Gasteiger charge is -2.18. The van der Waals surface area contributed by atoms with Gasteiger partial charge < -0.3 is 15.4 Å². The number of nitrogens with one attached hydrogen (secondary N) is 2. The highest BCUT2D eigenvalue weighted by Gasteiger charge is 2.12. The molecule has 0 atom stereocenters. The van der Waals surface area contributed by atoms with Crippen LogP contribution in [0.3, 0.4) is 0 Å². The van der Waals surface area contributed by atoms with Crippen molar-refractivity contribution >= 4 is 16.9 Å². The molecule has 3 rings (SSSR count). The Kier molecular flexibility index (Phi) is 6.31. The molecule has 0 fully saturated rings. The molecule has 25 heavy (non-hydrogen) atoms. The fourth-order valence-electron chi connectivity index (χ4n) is 2.77. The third kappa shape index (κ3) is 4.97. The van der Waals surface area contributed by atoms with E-state index in [1.54, 1.807) is 0 Å². The maximum Gasteiger partial charge on any atom is 0.119 e. The van der Waals surface area contributed by atoms with Gasteiger partial charge in [-0.1, -0.05) is 36.8 Å². The molecule has 1 aliphatic rings. The summed E-state index contributed by atoms with van der Waals surface area (Å²) in [5.41, 5.74) is 4.08. The topological polar surface area (TPSA) is 33.3 Å². The quantitative estimate of drug-likeness (QED) is 0.681. The summed E-state index contributed by atoms with van der Waals surface area (Å²) in [5, 5.41) is 6.96. The Hall–Kier alpha value is -2.04. The summed E-state index contributed by atoms with van der Waals surface area (Å²) >= 11 is 1.86. The van der Waals surface area contributed by atoms with Crippen LogP contribution < -0.4 is 15.4 Å². The van der Waals surface area contributed by atoms with Crippen molar-refractivity contribution in [2.24, 2.45) is 0 Å². The summed E-state index contributed by atoms with van der Waals surface area (Å²) < 4.78 is 5.70. The third-order valence-electron chi connectivity index (χ3n) is 4.30. The van der Waals surface area contributed by atoms with Crippen molar-refractivity contribution in [3.05, 3.63) is 69.6 Å². The number of rotatable bonds is 8. The fraction of sp³-hybridized carbons (Fsp3) is 0.333. The Morgan fingerprint density at radius 3 is 2.80 bits per heavy atom. The summed E-state index contributed by atoms with van der Waals surface area (Å²) in [5.74, 6) is 0.924. The lowest BCUT2D eigenvalue weighted by atomic mass is 10.0. The fourth-order valence-corrected chi connectivity index (χ4v) is 3.83. The van der Waals surface area contributed by atoms with Crippen LogP contribution in [0.25, 0.3) is 5.57 Å². The van der Waals surface area contributed by atoms with Crippen LogP contribution in [0, 0.1) is 0 Å². The van der Waals surface area contributed by atoms with E-state index in [0.29, 0.717) is 6.61 Å². The van der Waals surface area contributed by atoms with E-state index < -0.39 is 0 Å². The highest BCUT2D eigenvalue weighted by atomic mass is 32.1. The standard InChI is InChI=1S/C21H26N2OS/c1-3-17-13-20(16(2)23-14-17)21-10-9-19(25-21)15-22-11-12-24-18-7-5-4-6-8-18/h4-10,13,22-23H,3,11-12,14-15H2,1-2H3. The Labute approximate surface area is 154 Å². The highest BCUT2D eigenvalue weighted by Crippen LogP contribution is 2.30. The summed E-state index contributed by atoms with van der Waals surface area (Å²) in [4.78, 5) is 2.69. The number of para-hydroxylation sites is 1. The SMILES string of the molecule is CCC1=CC(c2ccc(CNCCOc3ccccc3)s2)=C(C)NC1. The molecule has 4 heteroatoms. The van der Waals surface area contributed by atoms with Crippen LogP contribution in [0.15, 0.2) is 59.8 Å². The zero-order chi connectivity index (χ0) is 17.5. The van der Waals surface area contributed by atoms with E-state index in [0.717, 1.165) is 31.8 Å². The second kappa shape index (κ2) is 8.88. The minimum atomic E-state index is 0.680. The molecular weight excluding hydrogens is 328 g/mol. The second-order valence-corrected chi connectivity index (χ2v) is 7.32. The van der Waals surface area contributed by atoms with Crippen molar-refractivity contribution in [3.63, 3.8) is 0 Å². The first-order valence-electron chi connectivity index (χ1n) is 8.88. The molecule has 2 N–H and O–H groups in total. The lowest BCUT2D eigenvalue weighted by Crippen LogP contribution is -2.20. The van der Waals surface area contributed by atoms with Crippen molar-refractivity contribution in [1.29, 1.82) is 0 Å². The van der Waals surface area contributed by atoms with Crippen LogP contribution in [-0.4, -0.2) is 19.7 Å². The normalized spacial score (nSPS) is 14.2. The summed E-state index contributed by atoms with van der Waals surface area (Å²) in [6, 6.07) is 14.4. The summed E-state index contributed by atoms with van der Waals surface area (Å²) in [7, 11) is 0. The molecule has 0 spiro atoms. The Morgan fingerprint density at radius 2 is 2.00 bits per heavy atom. The number of hydrogen-bond donors (Lipinski definition) is 2. The molecule has 132 valence electrons. The van der Waals surface area contributed by atoms with Gasteiger partial charge in [-0.2, -0.15) is 0 Å². The molecule has 0 unspecified atom stereocenters. The van der Waals surface area contributed by atoms with Crippen molar-refractivity contribution < 1.29 is 4.74 Å². The summed E-state index contributed by atoms with van der Waals surface area (Å²) in [6.07, 6.45) is 3.45. The molecule has 0 saturated heterocycles. The predicted molar refractivity (Wildman–Crippen MR) is 107 cm³/mol. The molecule has 0 bridgehead atoms. The van der Waals surface area contributed by atoms with Crippen LogP contribution in [0.4, 0.5) is 0 Å². The van der Waals surface area contributed by atoms with E-state index in [9.17, 15) is 0 Å². The first-order valence-corrected chi connectivity index (χ1v) is 9.69. The van der Waals surface area contributed by atoms with Crippen molar-refractivity contribution in [2.45, 2.75) is 26.8 Å². The first kappa shape index (κ1) is 17.8. The van der Waals surface area contributed by atoms with Crippen LogP contribution >= 0.6 is 11.3 Å². The highest BCUT2D eigenvalue weighted by molar-refractivity contribution is 7.13. The van der Waals surface area contributed by atoms with Gasteiger partial charge in [0.15, 0.2) is 0 Å². The average molecular weight is 355 g/mol. The molecule has 2 aromatic rings. The molecule has 3 nitrogen and oxygen atoms in total. The zero-order valence-electron chi connectivity index (χ0n) is 15.0. The zero-order valence-corrected chi connectivity index (χ0v) is 15.8. The van der Waals surface area contributed by atoms with Crippen molar-refractivity contribution in [1.82, 2.24) is 10.6 Å². The van der Waals surface area contributed by atoms with E-state index in [1.807, 2.05) is 41.7 Å². The molecule has 0 aliphatic carbocycles. The van der Waals surface area contributed by atoms with E-state index in [1.165, 1.54) is 26.6 Å². The molecule has 1 aromatic heterocycles. The molecule has 1 aliphatic heterocycles. The number of hydrogen-bond acceptors (Lipinski definition) is 4. The minimum absolute atomic E-state index is 0.680. The van der Waals surface area contributed by atoms with Gasteiger partial charge in [0.25, 0.3) is 0 Å². The van der Waals surface area contributed by atoms with Gasteiger partial charge in [-0.3, -0.25) is 0 Å². The van der Waals surface area contributed by atoms with Crippen LogP contribution in [0.2, 0.25) is 0 Å². The van der Waals surface area contributed by atoms with Gasteiger partial charge in [0, 0.05) is 40.7 Å². The van der Waals surface area contributed by atoms with Gasteiger partial charge in [-0.05, 0) is 37.6 Å². The van der Waals surface area contributed by atoms with Gasteiger partial charge in [-0.25, -0.2) is 0 Å². The smallest absolute Gasteiger partial charge is 0.119 e. The number of benzene rings is 1. The molecule has 0 amide bonds. The van der Waals surface area contributed by atoms with Gasteiger partial charge in [0.05, 0.1) is 0 Å². The maximum absolute atomic E-state index is 5.70. The number of dihydropyridines is 1. The number of allylic oxidation sites excluding steroid dienone is 3. The van der Waals surface area contributed by atoms with Crippen molar-refractivity contribution in [3.8, 4) is 5.75 Å². The Morgan fingerprint density at radius 1 is 1.16 bits per heavy atom. The first-order chi connectivity index (χ1) is 12.3. The number of thiophene rings is 1. The van der Waals surface area contributed by atoms with Crippen LogP contribution in [0.5, 0.6) is 5.75 Å².